The smallest absolute Gasteiger partial charge is 0.0633 e. The van der Waals surface area contributed by atoms with Crippen LogP contribution in [0.15, 0.2) is 42.5 Å². The number of aliphatic hydroxyl groups is 2. The van der Waals surface area contributed by atoms with Crippen LogP contribution < -0.4 is 5.32 Å². The molecular formula is C23H29Cl2NO2. The maximum Gasteiger partial charge on any atom is 0.0633 e. The van der Waals surface area contributed by atoms with E-state index in [0.717, 1.165) is 32.1 Å². The molecule has 5 heteroatoms. The van der Waals surface area contributed by atoms with Crippen LogP contribution in [0.3, 0.4) is 0 Å². The van der Waals surface area contributed by atoms with Gasteiger partial charge in [-0.2, -0.15) is 0 Å². The number of fused-ring (bicyclic) bond motifs is 2. The van der Waals surface area contributed by atoms with Crippen LogP contribution in [0.5, 0.6) is 0 Å². The second kappa shape index (κ2) is 8.56. The highest BCUT2D eigenvalue weighted by molar-refractivity contribution is 6.41. The summed E-state index contributed by atoms with van der Waals surface area (Å²) in [5.41, 5.74) is 1.66. The molecule has 0 bridgehead atoms. The average molecular weight is 422 g/mol. The Morgan fingerprint density at radius 3 is 2.00 bits per heavy atom. The minimum atomic E-state index is -0.738. The molecular weight excluding hydrogens is 393 g/mol. The lowest BCUT2D eigenvalue weighted by molar-refractivity contribution is 0.103. The molecule has 3 N–H and O–H groups in total. The predicted molar refractivity (Wildman–Crippen MR) is 122 cm³/mol. The molecule has 28 heavy (non-hydrogen) atoms. The number of hydrogen-bond acceptors (Lipinski definition) is 3. The van der Waals surface area contributed by atoms with Crippen molar-refractivity contribution in [3.05, 3.63) is 58.6 Å². The van der Waals surface area contributed by atoms with E-state index in [2.05, 4.69) is 50.4 Å². The van der Waals surface area contributed by atoms with Crippen molar-refractivity contribution in [2.45, 2.75) is 45.2 Å². The minimum absolute atomic E-state index is 0. The van der Waals surface area contributed by atoms with Crippen LogP contribution in [-0.2, 0) is 12.0 Å². The van der Waals surface area contributed by atoms with Gasteiger partial charge in [0.15, 0.2) is 0 Å². The summed E-state index contributed by atoms with van der Waals surface area (Å²) < 4.78 is 0. The second-order valence-corrected chi connectivity index (χ2v) is 8.96. The number of benzene rings is 3. The molecule has 0 amide bonds. The molecule has 152 valence electrons. The minimum Gasteiger partial charge on any atom is -0.394 e. The molecule has 3 aromatic rings. The van der Waals surface area contributed by atoms with Crippen LogP contribution in [0, 0.1) is 0 Å². The average Bonchev–Trinajstić information content (AvgIpc) is 2.66. The van der Waals surface area contributed by atoms with E-state index in [1.54, 1.807) is 0 Å². The van der Waals surface area contributed by atoms with Crippen molar-refractivity contribution < 1.29 is 10.2 Å². The highest BCUT2D eigenvalue weighted by Crippen LogP contribution is 2.38. The summed E-state index contributed by atoms with van der Waals surface area (Å²) in [5, 5.41) is 27.6. The van der Waals surface area contributed by atoms with Crippen LogP contribution in [0.2, 0.25) is 5.02 Å². The molecule has 3 rings (SSSR count). The Bertz CT molecular complexity index is 976. The van der Waals surface area contributed by atoms with Crippen molar-refractivity contribution >= 4 is 45.6 Å². The van der Waals surface area contributed by atoms with Gasteiger partial charge in [0.25, 0.3) is 0 Å². The third kappa shape index (κ3) is 4.29. The van der Waals surface area contributed by atoms with Gasteiger partial charge in [0.1, 0.15) is 0 Å². The molecule has 0 heterocycles. The Labute approximate surface area is 178 Å². The van der Waals surface area contributed by atoms with Gasteiger partial charge in [-0.25, -0.2) is 0 Å². The van der Waals surface area contributed by atoms with Gasteiger partial charge in [-0.05, 0) is 40.3 Å². The molecule has 3 nitrogen and oxygen atoms in total. The van der Waals surface area contributed by atoms with Crippen molar-refractivity contribution in [3.63, 3.8) is 0 Å². The predicted octanol–water partition coefficient (Wildman–Crippen LogP) is 5.20. The fraction of sp³-hybridized carbons (Fsp3) is 0.391. The number of nitrogens with one attached hydrogen (secondary N) is 1. The quantitative estimate of drug-likeness (QED) is 0.496. The number of hydrogen-bond donors (Lipinski definition) is 3. The molecule has 0 unspecified atom stereocenters. The fourth-order valence-electron chi connectivity index (χ4n) is 3.34. The van der Waals surface area contributed by atoms with Gasteiger partial charge in [-0.1, -0.05) is 68.8 Å². The summed E-state index contributed by atoms with van der Waals surface area (Å²) >= 11 is 6.81. The standard InChI is InChI=1S/C23H28ClNO2.ClH/c1-22(2,3)15-9-10-17-19(11-15)21(24)18-8-6-5-7-16(18)20(17)12-25-23(4,13-26)14-27;/h5-11,25-27H,12-14H2,1-4H3;1H. The van der Waals surface area contributed by atoms with Crippen LogP contribution in [-0.4, -0.2) is 29.0 Å². The Morgan fingerprint density at radius 1 is 0.857 bits per heavy atom. The Hall–Kier alpha value is -1.36. The first-order valence-corrected chi connectivity index (χ1v) is 9.68. The first-order valence-electron chi connectivity index (χ1n) is 9.30. The third-order valence-corrected chi connectivity index (χ3v) is 5.73. The zero-order valence-corrected chi connectivity index (χ0v) is 18.4. The van der Waals surface area contributed by atoms with Gasteiger partial charge in [-0.3, -0.25) is 0 Å². The normalized spacial score (nSPS) is 12.4. The summed E-state index contributed by atoms with van der Waals surface area (Å²) in [6, 6.07) is 14.6. The van der Waals surface area contributed by atoms with E-state index < -0.39 is 5.54 Å². The molecule has 0 aliphatic rings. The molecule has 0 atom stereocenters. The van der Waals surface area contributed by atoms with Crippen LogP contribution in [0.1, 0.15) is 38.8 Å². The zero-order valence-electron chi connectivity index (χ0n) is 16.8. The lowest BCUT2D eigenvalue weighted by Crippen LogP contribution is -2.48. The Morgan fingerprint density at radius 2 is 1.43 bits per heavy atom. The van der Waals surface area contributed by atoms with Crippen LogP contribution in [0.25, 0.3) is 21.5 Å². The fourth-order valence-corrected chi connectivity index (χ4v) is 3.66. The van der Waals surface area contributed by atoms with Crippen molar-refractivity contribution in [3.8, 4) is 0 Å². The van der Waals surface area contributed by atoms with E-state index in [-0.39, 0.29) is 31.0 Å². The largest absolute Gasteiger partial charge is 0.394 e. The van der Waals surface area contributed by atoms with Crippen molar-refractivity contribution in [2.24, 2.45) is 0 Å². The Balaban J connectivity index is 0.00000280. The van der Waals surface area contributed by atoms with E-state index in [1.165, 1.54) is 5.56 Å². The molecule has 0 aromatic heterocycles. The Kier molecular flexibility index (Phi) is 7.01. The van der Waals surface area contributed by atoms with Crippen molar-refractivity contribution in [1.82, 2.24) is 5.32 Å². The van der Waals surface area contributed by atoms with Crippen molar-refractivity contribution in [2.75, 3.05) is 13.2 Å². The molecule has 0 saturated carbocycles. The van der Waals surface area contributed by atoms with E-state index in [4.69, 9.17) is 11.6 Å². The third-order valence-electron chi connectivity index (χ3n) is 5.33. The first kappa shape index (κ1) is 22.9. The summed E-state index contributed by atoms with van der Waals surface area (Å²) in [7, 11) is 0. The lowest BCUT2D eigenvalue weighted by atomic mass is 9.84. The molecule has 0 aliphatic carbocycles. The summed E-state index contributed by atoms with van der Waals surface area (Å²) in [6.45, 7) is 8.65. The van der Waals surface area contributed by atoms with E-state index in [9.17, 15) is 10.2 Å². The highest BCUT2D eigenvalue weighted by atomic mass is 35.5. The summed E-state index contributed by atoms with van der Waals surface area (Å²) in [4.78, 5) is 0. The lowest BCUT2D eigenvalue weighted by Gasteiger charge is -2.27. The van der Waals surface area contributed by atoms with Crippen LogP contribution in [0.4, 0.5) is 0 Å². The van der Waals surface area contributed by atoms with Gasteiger partial charge >= 0.3 is 0 Å². The number of rotatable bonds is 5. The zero-order chi connectivity index (χ0) is 19.8. The number of halogens is 2. The topological polar surface area (TPSA) is 52.5 Å². The van der Waals surface area contributed by atoms with E-state index >= 15 is 0 Å². The van der Waals surface area contributed by atoms with Gasteiger partial charge in [0.05, 0.1) is 23.8 Å². The highest BCUT2D eigenvalue weighted by Gasteiger charge is 2.23. The van der Waals surface area contributed by atoms with Gasteiger partial charge in [-0.15, -0.1) is 12.4 Å². The number of aliphatic hydroxyl groups excluding tert-OH is 2. The summed E-state index contributed by atoms with van der Waals surface area (Å²) in [6.07, 6.45) is 0. The molecule has 0 spiro atoms. The van der Waals surface area contributed by atoms with E-state index in [1.807, 2.05) is 25.1 Å². The second-order valence-electron chi connectivity index (χ2n) is 8.58. The SMILES string of the molecule is CC(CO)(CO)NCc1c2ccccc2c(Cl)c2cc(C(C)(C)C)ccc12.Cl. The van der Waals surface area contributed by atoms with Gasteiger partial charge < -0.3 is 15.5 Å². The van der Waals surface area contributed by atoms with Gasteiger partial charge in [0, 0.05) is 17.3 Å². The van der Waals surface area contributed by atoms with Crippen LogP contribution >= 0.6 is 24.0 Å². The molecule has 0 saturated heterocycles. The molecule has 3 aromatic carbocycles. The van der Waals surface area contributed by atoms with Gasteiger partial charge in [0.2, 0.25) is 0 Å². The molecule has 0 radical (unpaired) electrons. The maximum absolute atomic E-state index is 9.62. The molecule has 0 aliphatic heterocycles. The monoisotopic (exact) mass is 421 g/mol. The maximum atomic E-state index is 9.62. The van der Waals surface area contributed by atoms with E-state index in [0.29, 0.717) is 6.54 Å². The molecule has 0 fully saturated rings. The summed E-state index contributed by atoms with van der Waals surface area (Å²) in [5.74, 6) is 0. The first-order chi connectivity index (χ1) is 12.7. The van der Waals surface area contributed by atoms with Crippen molar-refractivity contribution in [1.29, 1.82) is 0 Å².